The van der Waals surface area contributed by atoms with Crippen molar-refractivity contribution in [2.45, 2.75) is 66.2 Å². The molecule has 4 unspecified atom stereocenters. The predicted octanol–water partition coefficient (Wildman–Crippen LogP) is 6.24. The first-order chi connectivity index (χ1) is 28.1. The Morgan fingerprint density at radius 1 is 0.500 bits per heavy atom. The number of amides is 4. The first-order valence-electron chi connectivity index (χ1n) is 20.0. The molecular weight excluding hydrogens is 813 g/mol. The quantitative estimate of drug-likeness (QED) is 0.0970. The van der Waals surface area contributed by atoms with Gasteiger partial charge in [-0.2, -0.15) is 16.8 Å². The van der Waals surface area contributed by atoms with E-state index in [1.54, 1.807) is 24.3 Å². The summed E-state index contributed by atoms with van der Waals surface area (Å²) < 4.78 is 65.3. The van der Waals surface area contributed by atoms with E-state index in [1.807, 2.05) is 27.7 Å². The maximum atomic E-state index is 14.1. The molecule has 4 atom stereocenters. The summed E-state index contributed by atoms with van der Waals surface area (Å²) in [4.78, 5) is 82.5. The molecule has 14 nitrogen and oxygen atoms in total. The fourth-order valence-electron chi connectivity index (χ4n) is 12.5. The summed E-state index contributed by atoms with van der Waals surface area (Å²) in [6, 6.07) is 12.4. The van der Waals surface area contributed by atoms with Crippen molar-refractivity contribution in [3.05, 3.63) is 70.8 Å². The molecule has 4 aliphatic carbocycles. The van der Waals surface area contributed by atoms with Gasteiger partial charge in [-0.25, -0.2) is 0 Å². The van der Waals surface area contributed by atoms with E-state index in [1.165, 1.54) is 24.3 Å². The summed E-state index contributed by atoms with van der Waals surface area (Å²) >= 11 is 0. The maximum Gasteiger partial charge on any atom is 0.289 e. The topological polar surface area (TPSA) is 196 Å². The number of hydrogen-bond donors (Lipinski definition) is 0. The molecule has 0 spiro atoms. The van der Waals surface area contributed by atoms with Crippen molar-refractivity contribution in [1.82, 2.24) is 10.1 Å². The SMILES string of the molecule is CC1(C)C2CCC1(CS(=O)(=O)ON1C(=O)c3ccc4c5ccc6c7c(ccc(c8ccc(c3c48)C1=O)c75)C(=O)N(OS(=O)(=O)CC13CCC(CC1=O)C3(C)C)C6=O)C(=O)C2. The van der Waals surface area contributed by atoms with Crippen molar-refractivity contribution in [2.24, 2.45) is 33.5 Å². The number of imide groups is 2. The van der Waals surface area contributed by atoms with Crippen LogP contribution in [0.25, 0.3) is 43.1 Å². The van der Waals surface area contributed by atoms with Crippen LogP contribution in [0.1, 0.15) is 108 Å². The number of nitrogens with zero attached hydrogens (tertiary/aromatic N) is 2. The van der Waals surface area contributed by atoms with E-state index in [0.29, 0.717) is 58.0 Å². The largest absolute Gasteiger partial charge is 0.299 e. The van der Waals surface area contributed by atoms with Gasteiger partial charge < -0.3 is 0 Å². The van der Waals surface area contributed by atoms with Gasteiger partial charge in [0.1, 0.15) is 11.6 Å². The zero-order valence-corrected chi connectivity index (χ0v) is 34.7. The molecule has 5 aromatic carbocycles. The molecule has 0 radical (unpaired) electrons. The Morgan fingerprint density at radius 2 is 0.800 bits per heavy atom. The van der Waals surface area contributed by atoms with E-state index in [4.69, 9.17) is 8.57 Å². The third kappa shape index (κ3) is 4.44. The monoisotopic (exact) mass is 850 g/mol. The van der Waals surface area contributed by atoms with Crippen LogP contribution >= 0.6 is 0 Å². The number of rotatable bonds is 8. The van der Waals surface area contributed by atoms with Gasteiger partial charge in [0, 0.05) is 23.6 Å². The first-order valence-corrected chi connectivity index (χ1v) is 23.2. The van der Waals surface area contributed by atoms with E-state index in [2.05, 4.69) is 0 Å². The number of carbonyl (C=O) groups excluding carboxylic acids is 6. The van der Waals surface area contributed by atoms with Crippen LogP contribution in [-0.2, 0) is 38.4 Å². The molecule has 11 rings (SSSR count). The predicted molar refractivity (Wildman–Crippen MR) is 216 cm³/mol. The Kier molecular flexibility index (Phi) is 7.18. The Morgan fingerprint density at radius 3 is 1.05 bits per heavy atom. The van der Waals surface area contributed by atoms with E-state index in [0.717, 1.165) is 0 Å². The minimum atomic E-state index is -4.62. The van der Waals surface area contributed by atoms with Crippen LogP contribution in [0.5, 0.6) is 0 Å². The molecule has 4 amide bonds. The summed E-state index contributed by atoms with van der Waals surface area (Å²) in [6.45, 7) is 7.51. The van der Waals surface area contributed by atoms with E-state index < -0.39 is 77.0 Å². The highest BCUT2D eigenvalue weighted by molar-refractivity contribution is 7.87. The molecule has 0 N–H and O–H groups in total. The summed E-state index contributed by atoms with van der Waals surface area (Å²) in [5, 5.41) is 4.37. The normalized spacial score (nSPS) is 28.0. The second-order valence-electron chi connectivity index (χ2n) is 18.8. The fourth-order valence-corrected chi connectivity index (χ4v) is 15.9. The van der Waals surface area contributed by atoms with E-state index in [-0.39, 0.29) is 79.4 Å². The molecule has 6 aliphatic rings. The van der Waals surface area contributed by atoms with Crippen molar-refractivity contribution >= 4 is 98.5 Å². The zero-order chi connectivity index (χ0) is 42.4. The first kappa shape index (κ1) is 37.8. The zero-order valence-electron chi connectivity index (χ0n) is 33.0. The van der Waals surface area contributed by atoms with Crippen molar-refractivity contribution in [2.75, 3.05) is 11.5 Å². The molecule has 2 heterocycles. The van der Waals surface area contributed by atoms with Crippen LogP contribution in [0, 0.1) is 33.5 Å². The molecule has 5 aromatic rings. The molecule has 308 valence electrons. The third-order valence-corrected chi connectivity index (χ3v) is 18.5. The second-order valence-corrected chi connectivity index (χ2v) is 21.9. The van der Waals surface area contributed by atoms with Gasteiger partial charge in [0.15, 0.2) is 0 Å². The van der Waals surface area contributed by atoms with Gasteiger partial charge in [0.25, 0.3) is 43.9 Å². The van der Waals surface area contributed by atoms with Gasteiger partial charge in [0.05, 0.1) is 44.6 Å². The summed E-state index contributed by atoms with van der Waals surface area (Å²) in [7, 11) is -9.24. The molecule has 0 aromatic heterocycles. The van der Waals surface area contributed by atoms with Crippen molar-refractivity contribution in [3.63, 3.8) is 0 Å². The Bertz CT molecular complexity index is 2870. The third-order valence-electron chi connectivity index (χ3n) is 16.1. The number of carbonyl (C=O) groups is 6. The number of ketones is 2. The fraction of sp³-hybridized carbons (Fsp3) is 0.409. The number of hydrogen-bond acceptors (Lipinski definition) is 12. The molecule has 4 saturated carbocycles. The molecule has 0 saturated heterocycles. The number of Topliss-reactive ketones (excluding diaryl/α,β-unsaturated/α-hetero) is 2. The lowest BCUT2D eigenvalue weighted by Gasteiger charge is -2.36. The van der Waals surface area contributed by atoms with Crippen LogP contribution in [0.15, 0.2) is 48.5 Å². The van der Waals surface area contributed by atoms with Gasteiger partial charge in [-0.15, -0.1) is 18.7 Å². The van der Waals surface area contributed by atoms with Gasteiger partial charge >= 0.3 is 0 Å². The minimum Gasteiger partial charge on any atom is -0.299 e. The van der Waals surface area contributed by atoms with Crippen LogP contribution in [0.2, 0.25) is 0 Å². The lowest BCUT2D eigenvalue weighted by molar-refractivity contribution is -0.128. The Balaban J connectivity index is 0.962. The highest BCUT2D eigenvalue weighted by atomic mass is 32.2. The molecular formula is C44H38N2O12S2. The van der Waals surface area contributed by atoms with Gasteiger partial charge in [-0.3, -0.25) is 28.8 Å². The molecule has 16 heteroatoms. The Labute approximate surface area is 343 Å². The molecule has 2 aliphatic heterocycles. The van der Waals surface area contributed by atoms with Crippen molar-refractivity contribution in [1.29, 1.82) is 0 Å². The van der Waals surface area contributed by atoms with Gasteiger partial charge in [-0.1, -0.05) is 52.0 Å². The lowest BCUT2D eigenvalue weighted by Crippen LogP contribution is -2.47. The van der Waals surface area contributed by atoms with Crippen molar-refractivity contribution in [3.8, 4) is 0 Å². The van der Waals surface area contributed by atoms with Crippen LogP contribution in [-0.4, -0.2) is 73.7 Å². The standard InChI is InChI=1S/C44H38N2O12S2/c1-41(2)21-13-15-43(41,31(47)17-21)19-59(53,54)57-45-37(49)27-9-5-23-25-7-11-29-36-30(12-8-26(34(25)36)24-6-10-28(38(45)50)35(27)33(23)24)40(52)46(39(29)51)58-60(55,56)20-44-16-14-22(18-32(44)48)42(44,3)4/h5-12,21-22H,13-20H2,1-4H3. The average Bonchev–Trinajstić information content (AvgIpc) is 3.71. The average molecular weight is 851 g/mol. The van der Waals surface area contributed by atoms with Crippen LogP contribution in [0.4, 0.5) is 0 Å². The summed E-state index contributed by atoms with van der Waals surface area (Å²) in [6.07, 6.45) is 2.69. The van der Waals surface area contributed by atoms with Crippen molar-refractivity contribution < 1.29 is 54.2 Å². The molecule has 60 heavy (non-hydrogen) atoms. The number of benzene rings is 5. The minimum absolute atomic E-state index is 0.0144. The summed E-state index contributed by atoms with van der Waals surface area (Å²) in [5.74, 6) is -5.52. The highest BCUT2D eigenvalue weighted by Gasteiger charge is 2.67. The van der Waals surface area contributed by atoms with Gasteiger partial charge in [-0.05, 0) is 105 Å². The molecule has 4 bridgehead atoms. The summed E-state index contributed by atoms with van der Waals surface area (Å²) in [5.41, 5.74) is -3.51. The van der Waals surface area contributed by atoms with Crippen LogP contribution in [0.3, 0.4) is 0 Å². The van der Waals surface area contributed by atoms with Gasteiger partial charge in [0.2, 0.25) is 0 Å². The Hall–Kier alpha value is -5.16. The highest BCUT2D eigenvalue weighted by Crippen LogP contribution is 2.65. The van der Waals surface area contributed by atoms with Crippen LogP contribution < -0.4 is 0 Å². The maximum absolute atomic E-state index is 14.1. The van der Waals surface area contributed by atoms with E-state index in [9.17, 15) is 45.6 Å². The number of fused-ring (bicyclic) bond motifs is 6. The number of hydroxylamine groups is 4. The molecule has 4 fully saturated rings. The second kappa shape index (κ2) is 11.4. The van der Waals surface area contributed by atoms with E-state index >= 15 is 0 Å². The smallest absolute Gasteiger partial charge is 0.289 e. The lowest BCUT2D eigenvalue weighted by atomic mass is 9.70.